The largest absolute Gasteiger partial charge is 0.496 e. The molecule has 1 N–H and O–H groups in total. The number of alkyl carbamates (subject to hydrolysis) is 1. The summed E-state index contributed by atoms with van der Waals surface area (Å²) in [7, 11) is 2.83. The first-order chi connectivity index (χ1) is 8.40. The van der Waals surface area contributed by atoms with Crippen LogP contribution in [0.1, 0.15) is 19.4 Å². The van der Waals surface area contributed by atoms with E-state index >= 15 is 0 Å². The average Bonchev–Trinajstić information content (AvgIpc) is 2.36. The summed E-state index contributed by atoms with van der Waals surface area (Å²) in [5.41, 5.74) is 0.225. The highest BCUT2D eigenvalue weighted by atomic mass is 19.1. The highest BCUT2D eigenvalue weighted by Crippen LogP contribution is 2.31. The second-order valence-electron chi connectivity index (χ2n) is 4.57. The second-order valence-corrected chi connectivity index (χ2v) is 4.57. The Balaban J connectivity index is 2.95. The topological polar surface area (TPSA) is 47.6 Å². The lowest BCUT2D eigenvalue weighted by atomic mass is 9.84. The molecule has 1 aromatic rings. The van der Waals surface area contributed by atoms with Crippen molar-refractivity contribution < 1.29 is 18.7 Å². The number of carbonyl (C=O) groups is 1. The van der Waals surface area contributed by atoms with E-state index in [1.54, 1.807) is 6.07 Å². The van der Waals surface area contributed by atoms with Gasteiger partial charge in [0.05, 0.1) is 14.2 Å². The number of amides is 1. The monoisotopic (exact) mass is 255 g/mol. The summed E-state index contributed by atoms with van der Waals surface area (Å²) in [5, 5.41) is 2.60. The van der Waals surface area contributed by atoms with Gasteiger partial charge in [0.25, 0.3) is 0 Å². The minimum atomic E-state index is -0.515. The summed E-state index contributed by atoms with van der Waals surface area (Å²) in [4.78, 5) is 11.1. The highest BCUT2D eigenvalue weighted by molar-refractivity contribution is 5.67. The molecule has 1 amide bonds. The van der Waals surface area contributed by atoms with E-state index in [2.05, 4.69) is 10.1 Å². The smallest absolute Gasteiger partial charge is 0.406 e. The van der Waals surface area contributed by atoms with Crippen molar-refractivity contribution in [2.24, 2.45) is 0 Å². The van der Waals surface area contributed by atoms with Crippen LogP contribution in [0.3, 0.4) is 0 Å². The molecule has 0 aliphatic carbocycles. The molecule has 0 radical (unpaired) electrons. The van der Waals surface area contributed by atoms with Crippen LogP contribution in [-0.4, -0.2) is 26.9 Å². The third-order valence-corrected chi connectivity index (χ3v) is 2.75. The van der Waals surface area contributed by atoms with Gasteiger partial charge in [0.1, 0.15) is 11.6 Å². The molecule has 0 bridgehead atoms. The molecular formula is C13H18FNO3. The van der Waals surface area contributed by atoms with Crippen LogP contribution in [0.4, 0.5) is 9.18 Å². The molecule has 0 atom stereocenters. The summed E-state index contributed by atoms with van der Waals surface area (Å²) >= 11 is 0. The van der Waals surface area contributed by atoms with Gasteiger partial charge in [-0.1, -0.05) is 13.8 Å². The Morgan fingerprint density at radius 1 is 1.39 bits per heavy atom. The number of hydrogen-bond acceptors (Lipinski definition) is 3. The average molecular weight is 255 g/mol. The van der Waals surface area contributed by atoms with Gasteiger partial charge in [0.2, 0.25) is 0 Å². The Bertz CT molecular complexity index is 432. The Morgan fingerprint density at radius 3 is 2.61 bits per heavy atom. The first-order valence-corrected chi connectivity index (χ1v) is 5.56. The number of benzene rings is 1. The zero-order chi connectivity index (χ0) is 13.8. The lowest BCUT2D eigenvalue weighted by Gasteiger charge is -2.27. The molecule has 0 saturated heterocycles. The van der Waals surface area contributed by atoms with Crippen molar-refractivity contribution >= 4 is 6.09 Å². The SMILES string of the molecule is COC(=O)NCC(C)(C)c1cc(F)ccc1OC. The predicted molar refractivity (Wildman–Crippen MR) is 66.4 cm³/mol. The molecule has 0 heterocycles. The van der Waals surface area contributed by atoms with E-state index in [1.807, 2.05) is 13.8 Å². The molecule has 4 nitrogen and oxygen atoms in total. The van der Waals surface area contributed by atoms with Crippen LogP contribution in [0.2, 0.25) is 0 Å². The van der Waals surface area contributed by atoms with Crippen LogP contribution in [0.5, 0.6) is 5.75 Å². The van der Waals surface area contributed by atoms with Crippen LogP contribution >= 0.6 is 0 Å². The van der Waals surface area contributed by atoms with Crippen molar-refractivity contribution in [1.82, 2.24) is 5.32 Å². The number of methoxy groups -OCH3 is 2. The molecule has 100 valence electrons. The van der Waals surface area contributed by atoms with Gasteiger partial charge in [-0.25, -0.2) is 9.18 Å². The van der Waals surface area contributed by atoms with E-state index in [-0.39, 0.29) is 5.82 Å². The van der Waals surface area contributed by atoms with Crippen LogP contribution < -0.4 is 10.1 Å². The molecule has 0 aliphatic rings. The number of hydrogen-bond donors (Lipinski definition) is 1. The molecular weight excluding hydrogens is 237 g/mol. The van der Waals surface area contributed by atoms with E-state index in [0.29, 0.717) is 17.9 Å². The lowest BCUT2D eigenvalue weighted by molar-refractivity contribution is 0.168. The second kappa shape index (κ2) is 5.71. The third kappa shape index (κ3) is 3.35. The summed E-state index contributed by atoms with van der Waals surface area (Å²) in [6.45, 7) is 4.10. The van der Waals surface area contributed by atoms with Gasteiger partial charge >= 0.3 is 6.09 Å². The van der Waals surface area contributed by atoms with E-state index < -0.39 is 11.5 Å². The van der Waals surface area contributed by atoms with Crippen molar-refractivity contribution in [3.05, 3.63) is 29.6 Å². The van der Waals surface area contributed by atoms with E-state index in [9.17, 15) is 9.18 Å². The number of carbonyl (C=O) groups excluding carboxylic acids is 1. The van der Waals surface area contributed by atoms with Gasteiger partial charge in [0, 0.05) is 17.5 Å². The van der Waals surface area contributed by atoms with Gasteiger partial charge in [-0.05, 0) is 18.2 Å². The number of ether oxygens (including phenoxy) is 2. The van der Waals surface area contributed by atoms with Crippen molar-refractivity contribution in [2.75, 3.05) is 20.8 Å². The molecule has 0 spiro atoms. The minimum absolute atomic E-state index is 0.319. The Morgan fingerprint density at radius 2 is 2.06 bits per heavy atom. The van der Waals surface area contributed by atoms with Crippen molar-refractivity contribution in [2.45, 2.75) is 19.3 Å². The van der Waals surface area contributed by atoms with Crippen LogP contribution in [0, 0.1) is 5.82 Å². The first-order valence-electron chi connectivity index (χ1n) is 5.56. The van der Waals surface area contributed by atoms with E-state index in [1.165, 1.54) is 26.4 Å². The predicted octanol–water partition coefficient (Wildman–Crippen LogP) is 2.47. The molecule has 0 fully saturated rings. The summed E-state index contributed by atoms with van der Waals surface area (Å²) in [6.07, 6.45) is -0.515. The van der Waals surface area contributed by atoms with Crippen LogP contribution in [0.15, 0.2) is 18.2 Å². The zero-order valence-corrected chi connectivity index (χ0v) is 11.0. The molecule has 18 heavy (non-hydrogen) atoms. The maximum Gasteiger partial charge on any atom is 0.406 e. The lowest BCUT2D eigenvalue weighted by Crippen LogP contribution is -2.36. The standard InChI is InChI=1S/C13H18FNO3/c1-13(2,8-15-12(16)18-4)10-7-9(14)5-6-11(10)17-3/h5-7H,8H2,1-4H3,(H,15,16). The van der Waals surface area contributed by atoms with Gasteiger partial charge in [-0.15, -0.1) is 0 Å². The maximum absolute atomic E-state index is 13.3. The fourth-order valence-corrected chi connectivity index (χ4v) is 1.67. The normalized spacial score (nSPS) is 10.9. The van der Waals surface area contributed by atoms with Gasteiger partial charge in [-0.2, -0.15) is 0 Å². The Hall–Kier alpha value is -1.78. The molecule has 0 unspecified atom stereocenters. The molecule has 0 saturated carbocycles. The van der Waals surface area contributed by atoms with Crippen molar-refractivity contribution in [1.29, 1.82) is 0 Å². The van der Waals surface area contributed by atoms with Crippen LogP contribution in [-0.2, 0) is 10.2 Å². The number of rotatable bonds is 4. The molecule has 5 heteroatoms. The van der Waals surface area contributed by atoms with Gasteiger partial charge in [-0.3, -0.25) is 0 Å². The Kier molecular flexibility index (Phi) is 4.53. The number of halogens is 1. The van der Waals surface area contributed by atoms with Crippen LogP contribution in [0.25, 0.3) is 0 Å². The highest BCUT2D eigenvalue weighted by Gasteiger charge is 2.25. The molecule has 0 aliphatic heterocycles. The summed E-state index contributed by atoms with van der Waals surface area (Å²) in [6, 6.07) is 4.33. The van der Waals surface area contributed by atoms with Crippen molar-refractivity contribution in [3.63, 3.8) is 0 Å². The fraction of sp³-hybridized carbons (Fsp3) is 0.462. The zero-order valence-electron chi connectivity index (χ0n) is 11.0. The van der Waals surface area contributed by atoms with Crippen molar-refractivity contribution in [3.8, 4) is 5.75 Å². The van der Waals surface area contributed by atoms with Gasteiger partial charge < -0.3 is 14.8 Å². The van der Waals surface area contributed by atoms with E-state index in [4.69, 9.17) is 4.74 Å². The molecule has 1 aromatic carbocycles. The third-order valence-electron chi connectivity index (χ3n) is 2.75. The Labute approximate surface area is 106 Å². The maximum atomic E-state index is 13.3. The molecule has 1 rings (SSSR count). The van der Waals surface area contributed by atoms with E-state index in [0.717, 1.165) is 0 Å². The summed E-state index contributed by atoms with van der Waals surface area (Å²) < 4.78 is 23.0. The van der Waals surface area contributed by atoms with Gasteiger partial charge in [0.15, 0.2) is 0 Å². The quantitative estimate of drug-likeness (QED) is 0.899. The molecule has 0 aromatic heterocycles. The number of nitrogens with one attached hydrogen (secondary N) is 1. The fourth-order valence-electron chi connectivity index (χ4n) is 1.67. The first kappa shape index (κ1) is 14.3. The minimum Gasteiger partial charge on any atom is -0.496 e. The summed E-state index contributed by atoms with van der Waals surface area (Å²) in [5.74, 6) is 0.255.